The Hall–Kier alpha value is -4.88. The van der Waals surface area contributed by atoms with Gasteiger partial charge in [-0.3, -0.25) is 0 Å². The molecule has 1 nitrogen and oxygen atoms in total. The van der Waals surface area contributed by atoms with Gasteiger partial charge in [0.1, 0.15) is 0 Å². The maximum atomic E-state index is 2.42. The molecule has 0 bridgehead atoms. The summed E-state index contributed by atoms with van der Waals surface area (Å²) >= 11 is 0. The molecule has 6 aromatic carbocycles. The summed E-state index contributed by atoms with van der Waals surface area (Å²) in [5.74, 6) is 0. The largest absolute Gasteiger partial charge is 0.309 e. The zero-order valence-corrected chi connectivity index (χ0v) is 21.1. The van der Waals surface area contributed by atoms with Gasteiger partial charge in [-0.2, -0.15) is 0 Å². The van der Waals surface area contributed by atoms with Crippen molar-refractivity contribution < 1.29 is 0 Å². The average Bonchev–Trinajstić information content (AvgIpc) is 3.32. The van der Waals surface area contributed by atoms with Crippen molar-refractivity contribution in [3.05, 3.63) is 163 Å². The van der Waals surface area contributed by atoms with Gasteiger partial charge < -0.3 is 4.57 Å². The highest BCUT2D eigenvalue weighted by Crippen LogP contribution is 2.37. The first-order valence-electron chi connectivity index (χ1n) is 13.2. The zero-order valence-electron chi connectivity index (χ0n) is 21.1. The first-order valence-corrected chi connectivity index (χ1v) is 13.2. The van der Waals surface area contributed by atoms with Crippen LogP contribution in [0.25, 0.3) is 49.7 Å². The monoisotopic (exact) mass is 485 g/mol. The second-order valence-electron chi connectivity index (χ2n) is 9.83. The SMILES string of the molecule is c1ccc(Cc2ccc(-c3ccc4c(c3)c3ccccc3n4-c3ccccc3-c3ccccc3)cc2)cc1. The fraction of sp³-hybridized carbons (Fsp3) is 0.0270. The highest BCUT2D eigenvalue weighted by atomic mass is 15.0. The minimum Gasteiger partial charge on any atom is -0.309 e. The fourth-order valence-corrected chi connectivity index (χ4v) is 5.59. The molecule has 1 heteroatoms. The number of fused-ring (bicyclic) bond motifs is 3. The van der Waals surface area contributed by atoms with Gasteiger partial charge in [0.15, 0.2) is 0 Å². The quantitative estimate of drug-likeness (QED) is 0.229. The van der Waals surface area contributed by atoms with Crippen molar-refractivity contribution in [2.75, 3.05) is 0 Å². The van der Waals surface area contributed by atoms with E-state index in [4.69, 9.17) is 0 Å². The Morgan fingerprint density at radius 2 is 1.00 bits per heavy atom. The molecule has 0 aliphatic rings. The third-order valence-electron chi connectivity index (χ3n) is 7.44. The van der Waals surface area contributed by atoms with Crippen molar-refractivity contribution in [2.45, 2.75) is 6.42 Å². The smallest absolute Gasteiger partial charge is 0.0541 e. The van der Waals surface area contributed by atoms with E-state index in [2.05, 4.69) is 156 Å². The van der Waals surface area contributed by atoms with E-state index in [1.54, 1.807) is 0 Å². The van der Waals surface area contributed by atoms with E-state index in [9.17, 15) is 0 Å². The Bertz CT molecular complexity index is 1860. The first kappa shape index (κ1) is 22.3. The maximum absolute atomic E-state index is 2.42. The van der Waals surface area contributed by atoms with Gasteiger partial charge >= 0.3 is 0 Å². The van der Waals surface area contributed by atoms with E-state index in [0.29, 0.717) is 0 Å². The summed E-state index contributed by atoms with van der Waals surface area (Å²) in [5, 5.41) is 2.54. The second-order valence-corrected chi connectivity index (χ2v) is 9.83. The fourth-order valence-electron chi connectivity index (χ4n) is 5.59. The van der Waals surface area contributed by atoms with Crippen LogP contribution in [0.3, 0.4) is 0 Å². The van der Waals surface area contributed by atoms with Gasteiger partial charge in [0.05, 0.1) is 16.7 Å². The molecule has 0 saturated carbocycles. The Balaban J connectivity index is 1.34. The maximum Gasteiger partial charge on any atom is 0.0541 e. The number of hydrogen-bond donors (Lipinski definition) is 0. The molecule has 0 N–H and O–H groups in total. The van der Waals surface area contributed by atoms with Gasteiger partial charge in [-0.15, -0.1) is 0 Å². The molecule has 0 aliphatic carbocycles. The molecule has 7 aromatic rings. The number of hydrogen-bond acceptors (Lipinski definition) is 0. The Kier molecular flexibility index (Phi) is 5.60. The zero-order chi connectivity index (χ0) is 25.3. The van der Waals surface area contributed by atoms with Crippen LogP contribution in [-0.2, 0) is 6.42 Å². The van der Waals surface area contributed by atoms with Crippen molar-refractivity contribution in [3.63, 3.8) is 0 Å². The molecule has 0 spiro atoms. The molecule has 0 radical (unpaired) electrons. The minimum absolute atomic E-state index is 0.953. The van der Waals surface area contributed by atoms with Crippen molar-refractivity contribution in [3.8, 4) is 27.9 Å². The lowest BCUT2D eigenvalue weighted by Gasteiger charge is -2.14. The predicted octanol–water partition coefficient (Wildman–Crippen LogP) is 9.71. The molecular weight excluding hydrogens is 458 g/mol. The average molecular weight is 486 g/mol. The number of benzene rings is 6. The number of aromatic nitrogens is 1. The van der Waals surface area contributed by atoms with Crippen LogP contribution in [-0.4, -0.2) is 4.57 Å². The van der Waals surface area contributed by atoms with E-state index >= 15 is 0 Å². The van der Waals surface area contributed by atoms with Gasteiger partial charge in [-0.05, 0) is 58.5 Å². The summed E-state index contributed by atoms with van der Waals surface area (Å²) in [6.07, 6.45) is 0.953. The summed E-state index contributed by atoms with van der Waals surface area (Å²) in [4.78, 5) is 0. The molecule has 0 saturated heterocycles. The topological polar surface area (TPSA) is 4.93 Å². The minimum atomic E-state index is 0.953. The van der Waals surface area contributed by atoms with Crippen LogP contribution >= 0.6 is 0 Å². The van der Waals surface area contributed by atoms with E-state index in [1.807, 2.05) is 0 Å². The molecule has 1 aromatic heterocycles. The van der Waals surface area contributed by atoms with Crippen LogP contribution in [0.15, 0.2) is 152 Å². The third-order valence-corrected chi connectivity index (χ3v) is 7.44. The lowest BCUT2D eigenvalue weighted by Crippen LogP contribution is -1.97. The van der Waals surface area contributed by atoms with Gasteiger partial charge in [-0.1, -0.05) is 127 Å². The normalized spacial score (nSPS) is 11.3. The Labute approximate surface area is 223 Å². The standard InChI is InChI=1S/C37H27N/c1-3-11-27(12-4-1)25-28-19-21-29(22-20-28)31-23-24-37-34(26-31)33-16-8-10-18-36(33)38(37)35-17-9-7-15-32(35)30-13-5-2-6-14-30/h1-24,26H,25H2. The van der Waals surface area contributed by atoms with Crippen LogP contribution < -0.4 is 0 Å². The highest BCUT2D eigenvalue weighted by molar-refractivity contribution is 6.11. The van der Waals surface area contributed by atoms with Gasteiger partial charge in [0, 0.05) is 16.3 Å². The van der Waals surface area contributed by atoms with Crippen molar-refractivity contribution in [1.29, 1.82) is 0 Å². The molecule has 1 heterocycles. The van der Waals surface area contributed by atoms with E-state index in [1.165, 1.54) is 60.9 Å². The van der Waals surface area contributed by atoms with Gasteiger partial charge in [0.2, 0.25) is 0 Å². The molecule has 180 valence electrons. The molecule has 0 atom stereocenters. The summed E-state index contributed by atoms with van der Waals surface area (Å²) in [5.41, 5.74) is 11.2. The molecule has 0 unspecified atom stereocenters. The lowest BCUT2D eigenvalue weighted by atomic mass is 9.99. The van der Waals surface area contributed by atoms with Crippen LogP contribution in [0, 0.1) is 0 Å². The van der Waals surface area contributed by atoms with E-state index in [0.717, 1.165) is 6.42 Å². The third kappa shape index (κ3) is 3.99. The highest BCUT2D eigenvalue weighted by Gasteiger charge is 2.16. The predicted molar refractivity (Wildman–Crippen MR) is 161 cm³/mol. The van der Waals surface area contributed by atoms with Crippen LogP contribution in [0.4, 0.5) is 0 Å². The van der Waals surface area contributed by atoms with Crippen LogP contribution in [0.2, 0.25) is 0 Å². The second kappa shape index (κ2) is 9.53. The molecule has 0 fully saturated rings. The Morgan fingerprint density at radius 3 is 1.82 bits per heavy atom. The van der Waals surface area contributed by atoms with E-state index < -0.39 is 0 Å². The summed E-state index contributed by atoms with van der Waals surface area (Å²) in [7, 11) is 0. The van der Waals surface area contributed by atoms with Crippen molar-refractivity contribution in [2.24, 2.45) is 0 Å². The van der Waals surface area contributed by atoms with Crippen molar-refractivity contribution in [1.82, 2.24) is 4.57 Å². The summed E-state index contributed by atoms with van der Waals surface area (Å²) in [6, 6.07) is 54.7. The van der Waals surface area contributed by atoms with Crippen molar-refractivity contribution >= 4 is 21.8 Å². The summed E-state index contributed by atoms with van der Waals surface area (Å²) in [6.45, 7) is 0. The number of nitrogens with zero attached hydrogens (tertiary/aromatic N) is 1. The lowest BCUT2D eigenvalue weighted by molar-refractivity contribution is 1.18. The van der Waals surface area contributed by atoms with Gasteiger partial charge in [0.25, 0.3) is 0 Å². The molecular formula is C37H27N. The van der Waals surface area contributed by atoms with Crippen LogP contribution in [0.1, 0.15) is 11.1 Å². The first-order chi connectivity index (χ1) is 18.8. The van der Waals surface area contributed by atoms with E-state index in [-0.39, 0.29) is 0 Å². The number of para-hydroxylation sites is 2. The Morgan fingerprint density at radius 1 is 0.395 bits per heavy atom. The molecule has 0 amide bonds. The molecule has 0 aliphatic heterocycles. The van der Waals surface area contributed by atoms with Crippen LogP contribution in [0.5, 0.6) is 0 Å². The summed E-state index contributed by atoms with van der Waals surface area (Å²) < 4.78 is 2.42. The number of rotatable bonds is 5. The van der Waals surface area contributed by atoms with Gasteiger partial charge in [-0.25, -0.2) is 0 Å². The molecule has 7 rings (SSSR count). The molecule has 38 heavy (non-hydrogen) atoms.